The van der Waals surface area contributed by atoms with E-state index in [1.54, 1.807) is 12.3 Å². The topological polar surface area (TPSA) is 53.4 Å². The molecule has 0 saturated heterocycles. The van der Waals surface area contributed by atoms with Crippen LogP contribution in [0.3, 0.4) is 0 Å². The molecule has 0 saturated carbocycles. The van der Waals surface area contributed by atoms with Crippen LogP contribution in [0.5, 0.6) is 0 Å². The van der Waals surface area contributed by atoms with E-state index < -0.39 is 5.97 Å². The van der Waals surface area contributed by atoms with Gasteiger partial charge >= 0.3 is 5.97 Å². The van der Waals surface area contributed by atoms with Crippen molar-refractivity contribution in [3.8, 4) is 0 Å². The van der Waals surface area contributed by atoms with E-state index in [0.29, 0.717) is 0 Å². The molecule has 0 unspecified atom stereocenters. The van der Waals surface area contributed by atoms with Gasteiger partial charge in [0, 0.05) is 25.0 Å². The fourth-order valence-electron chi connectivity index (χ4n) is 2.88. The molecule has 0 aliphatic carbocycles. The Kier molecular flexibility index (Phi) is 3.60. The minimum atomic E-state index is -0.980. The fourth-order valence-corrected chi connectivity index (χ4v) is 2.88. The van der Waals surface area contributed by atoms with E-state index in [-0.39, 0.29) is 5.69 Å². The number of carboxylic acid groups (broad SMARTS) is 1. The number of aryl methyl sites for hydroxylation is 2. The first-order chi connectivity index (χ1) is 10.1. The average molecular weight is 282 g/mol. The highest BCUT2D eigenvalue weighted by Gasteiger charge is 2.17. The Morgan fingerprint density at radius 3 is 3.00 bits per heavy atom. The van der Waals surface area contributed by atoms with Crippen molar-refractivity contribution in [1.29, 1.82) is 0 Å². The standard InChI is InChI=1S/C17H18N2O2/c1-12-4-5-16-14(9-12)3-2-8-19(16)11-13-6-7-18-15(10-13)17(20)21/h4-7,9-10H,2-3,8,11H2,1H3,(H,20,21). The number of nitrogens with zero attached hydrogens (tertiary/aromatic N) is 2. The van der Waals surface area contributed by atoms with Crippen LogP contribution in [-0.2, 0) is 13.0 Å². The van der Waals surface area contributed by atoms with Crippen LogP contribution in [-0.4, -0.2) is 22.6 Å². The van der Waals surface area contributed by atoms with Gasteiger partial charge in [-0.2, -0.15) is 0 Å². The molecule has 0 atom stereocenters. The summed E-state index contributed by atoms with van der Waals surface area (Å²) in [5, 5.41) is 9.03. The zero-order valence-electron chi connectivity index (χ0n) is 12.0. The van der Waals surface area contributed by atoms with Gasteiger partial charge in [0.25, 0.3) is 0 Å². The van der Waals surface area contributed by atoms with Gasteiger partial charge in [0.05, 0.1) is 0 Å². The quantitative estimate of drug-likeness (QED) is 0.940. The lowest BCUT2D eigenvalue weighted by Gasteiger charge is -2.31. The second-order valence-electron chi connectivity index (χ2n) is 5.51. The average Bonchev–Trinajstić information content (AvgIpc) is 2.47. The van der Waals surface area contributed by atoms with Gasteiger partial charge < -0.3 is 10.0 Å². The Balaban J connectivity index is 1.86. The number of benzene rings is 1. The molecule has 21 heavy (non-hydrogen) atoms. The first kappa shape index (κ1) is 13.6. The number of pyridine rings is 1. The lowest BCUT2D eigenvalue weighted by atomic mass is 9.99. The van der Waals surface area contributed by atoms with E-state index in [9.17, 15) is 4.79 Å². The minimum Gasteiger partial charge on any atom is -0.477 e. The van der Waals surface area contributed by atoms with Crippen LogP contribution in [0.25, 0.3) is 0 Å². The Bertz CT molecular complexity index is 682. The number of aromatic nitrogens is 1. The lowest BCUT2D eigenvalue weighted by molar-refractivity contribution is 0.0690. The molecule has 2 aromatic rings. The van der Waals surface area contributed by atoms with Gasteiger partial charge in [-0.1, -0.05) is 17.7 Å². The van der Waals surface area contributed by atoms with E-state index in [1.807, 2.05) is 6.07 Å². The van der Waals surface area contributed by atoms with Crippen molar-refractivity contribution in [3.63, 3.8) is 0 Å². The molecule has 0 spiro atoms. The first-order valence-electron chi connectivity index (χ1n) is 7.16. The molecule has 0 radical (unpaired) electrons. The number of hydrogen-bond donors (Lipinski definition) is 1. The molecule has 0 fully saturated rings. The Morgan fingerprint density at radius 2 is 2.19 bits per heavy atom. The van der Waals surface area contributed by atoms with Crippen molar-refractivity contribution in [3.05, 3.63) is 58.9 Å². The van der Waals surface area contributed by atoms with Crippen molar-refractivity contribution in [2.24, 2.45) is 0 Å². The summed E-state index contributed by atoms with van der Waals surface area (Å²) < 4.78 is 0. The zero-order valence-corrected chi connectivity index (χ0v) is 12.0. The number of carboxylic acids is 1. The fraction of sp³-hybridized carbons (Fsp3) is 0.294. The summed E-state index contributed by atoms with van der Waals surface area (Å²) in [4.78, 5) is 17.2. The summed E-state index contributed by atoms with van der Waals surface area (Å²) in [5.41, 5.74) is 5.02. The van der Waals surface area contributed by atoms with Gasteiger partial charge in [0.1, 0.15) is 5.69 Å². The van der Waals surface area contributed by atoms with Gasteiger partial charge in [-0.3, -0.25) is 0 Å². The number of carbonyl (C=O) groups is 1. The van der Waals surface area contributed by atoms with Gasteiger partial charge in [-0.05, 0) is 49.1 Å². The van der Waals surface area contributed by atoms with Gasteiger partial charge in [0.15, 0.2) is 0 Å². The highest BCUT2D eigenvalue weighted by atomic mass is 16.4. The minimum absolute atomic E-state index is 0.105. The van der Waals surface area contributed by atoms with Gasteiger partial charge in [-0.25, -0.2) is 9.78 Å². The predicted octanol–water partition coefficient (Wildman–Crippen LogP) is 3.04. The largest absolute Gasteiger partial charge is 0.477 e. The molecule has 1 aromatic carbocycles. The molecule has 1 aliphatic rings. The van der Waals surface area contributed by atoms with E-state index in [0.717, 1.165) is 31.5 Å². The molecule has 3 rings (SSSR count). The number of rotatable bonds is 3. The SMILES string of the molecule is Cc1ccc2c(c1)CCCN2Cc1ccnc(C(=O)O)c1. The molecule has 4 heteroatoms. The number of anilines is 1. The van der Waals surface area contributed by atoms with Crippen molar-refractivity contribution in [2.75, 3.05) is 11.4 Å². The molecule has 0 amide bonds. The third-order valence-electron chi connectivity index (χ3n) is 3.87. The summed E-state index contributed by atoms with van der Waals surface area (Å²) in [7, 11) is 0. The normalized spacial score (nSPS) is 13.9. The summed E-state index contributed by atoms with van der Waals surface area (Å²) in [6.07, 6.45) is 3.82. The number of aromatic carboxylic acids is 1. The third kappa shape index (κ3) is 2.89. The van der Waals surface area contributed by atoms with Crippen molar-refractivity contribution in [1.82, 2.24) is 4.98 Å². The maximum absolute atomic E-state index is 11.0. The maximum atomic E-state index is 11.0. The van der Waals surface area contributed by atoms with Crippen molar-refractivity contribution in [2.45, 2.75) is 26.3 Å². The summed E-state index contributed by atoms with van der Waals surface area (Å²) in [5.74, 6) is -0.980. The second-order valence-corrected chi connectivity index (χ2v) is 5.51. The van der Waals surface area contributed by atoms with Crippen molar-refractivity contribution >= 4 is 11.7 Å². The molecule has 108 valence electrons. The Hall–Kier alpha value is -2.36. The Labute approximate surface area is 124 Å². The smallest absolute Gasteiger partial charge is 0.354 e. The van der Waals surface area contributed by atoms with Crippen LogP contribution in [0.1, 0.15) is 33.6 Å². The Morgan fingerprint density at radius 1 is 1.33 bits per heavy atom. The predicted molar refractivity (Wildman–Crippen MR) is 81.7 cm³/mol. The molecule has 1 N–H and O–H groups in total. The van der Waals surface area contributed by atoms with Crippen LogP contribution in [0.4, 0.5) is 5.69 Å². The number of fused-ring (bicyclic) bond motifs is 1. The van der Waals surface area contributed by atoms with E-state index in [4.69, 9.17) is 5.11 Å². The van der Waals surface area contributed by atoms with Gasteiger partial charge in [-0.15, -0.1) is 0 Å². The highest BCUT2D eigenvalue weighted by Crippen LogP contribution is 2.29. The lowest BCUT2D eigenvalue weighted by Crippen LogP contribution is -2.29. The van der Waals surface area contributed by atoms with Crippen LogP contribution in [0, 0.1) is 6.92 Å². The first-order valence-corrected chi connectivity index (χ1v) is 7.16. The van der Waals surface area contributed by atoms with Crippen LogP contribution < -0.4 is 4.90 Å². The molecular formula is C17H18N2O2. The third-order valence-corrected chi connectivity index (χ3v) is 3.87. The summed E-state index contributed by atoms with van der Waals surface area (Å²) in [6.45, 7) is 3.83. The van der Waals surface area contributed by atoms with Crippen molar-refractivity contribution < 1.29 is 9.90 Å². The molecule has 4 nitrogen and oxygen atoms in total. The summed E-state index contributed by atoms with van der Waals surface area (Å²) >= 11 is 0. The second kappa shape index (κ2) is 5.56. The monoisotopic (exact) mass is 282 g/mol. The van der Waals surface area contributed by atoms with E-state index in [2.05, 4.69) is 35.0 Å². The number of hydrogen-bond acceptors (Lipinski definition) is 3. The summed E-state index contributed by atoms with van der Waals surface area (Å²) in [6, 6.07) is 10.1. The van der Waals surface area contributed by atoms with Crippen LogP contribution in [0.2, 0.25) is 0 Å². The molecule has 2 heterocycles. The highest BCUT2D eigenvalue weighted by molar-refractivity contribution is 5.85. The molecule has 1 aromatic heterocycles. The van der Waals surface area contributed by atoms with E-state index in [1.165, 1.54) is 16.8 Å². The zero-order chi connectivity index (χ0) is 14.8. The molecule has 1 aliphatic heterocycles. The maximum Gasteiger partial charge on any atom is 0.354 e. The van der Waals surface area contributed by atoms with Crippen LogP contribution in [0.15, 0.2) is 36.5 Å². The molecule has 0 bridgehead atoms. The van der Waals surface area contributed by atoms with E-state index >= 15 is 0 Å². The van der Waals surface area contributed by atoms with Crippen LogP contribution >= 0.6 is 0 Å². The molecular weight excluding hydrogens is 264 g/mol. The van der Waals surface area contributed by atoms with Gasteiger partial charge in [0.2, 0.25) is 0 Å².